The Bertz CT molecular complexity index is 876. The van der Waals surface area contributed by atoms with Crippen LogP contribution >= 0.6 is 11.8 Å². The van der Waals surface area contributed by atoms with Gasteiger partial charge in [-0.15, -0.1) is 5.10 Å². The number of anilines is 1. The number of hydrogen-bond acceptors (Lipinski definition) is 5. The van der Waals surface area contributed by atoms with Crippen LogP contribution in [-0.2, 0) is 11.2 Å². The van der Waals surface area contributed by atoms with Gasteiger partial charge in [-0.3, -0.25) is 4.79 Å². The van der Waals surface area contributed by atoms with Crippen LogP contribution in [0.4, 0.5) is 5.69 Å². The van der Waals surface area contributed by atoms with Crippen molar-refractivity contribution in [3.63, 3.8) is 0 Å². The minimum atomic E-state index is -0.268. The third kappa shape index (κ3) is 2.54. The Hall–Kier alpha value is -2.41. The van der Waals surface area contributed by atoms with Gasteiger partial charge in [0.1, 0.15) is 0 Å². The van der Waals surface area contributed by atoms with Crippen molar-refractivity contribution in [3.8, 4) is 0 Å². The molecular formula is C17H17N5OS. The number of thioether (sulfide) groups is 1. The predicted octanol–water partition coefficient (Wildman–Crippen LogP) is 2.58. The molecule has 24 heavy (non-hydrogen) atoms. The number of fused-ring (bicyclic) bond motifs is 2. The summed E-state index contributed by atoms with van der Waals surface area (Å²) in [6.07, 6.45) is 4.37. The van der Waals surface area contributed by atoms with Gasteiger partial charge in [0.2, 0.25) is 11.1 Å². The van der Waals surface area contributed by atoms with Gasteiger partial charge in [0.15, 0.2) is 0 Å². The van der Waals surface area contributed by atoms with Crippen LogP contribution < -0.4 is 4.90 Å². The van der Waals surface area contributed by atoms with Crippen LogP contribution in [-0.4, -0.2) is 36.8 Å². The SMILES string of the molecule is CC(Sc1nc2ncccn2n1)C(=O)N1c2ccccc2CC1C. The van der Waals surface area contributed by atoms with Gasteiger partial charge in [0.25, 0.3) is 5.78 Å². The van der Waals surface area contributed by atoms with Gasteiger partial charge < -0.3 is 4.90 Å². The van der Waals surface area contributed by atoms with Crippen molar-refractivity contribution in [1.29, 1.82) is 0 Å². The van der Waals surface area contributed by atoms with E-state index in [2.05, 4.69) is 28.1 Å². The second-order valence-electron chi connectivity index (χ2n) is 5.91. The molecule has 0 aliphatic carbocycles. The molecule has 0 N–H and O–H groups in total. The molecule has 2 aromatic heterocycles. The Kier molecular flexibility index (Phi) is 3.72. The molecule has 1 amide bonds. The number of amides is 1. The average molecular weight is 339 g/mol. The summed E-state index contributed by atoms with van der Waals surface area (Å²) in [6.45, 7) is 3.99. The number of aromatic nitrogens is 4. The first-order valence-corrected chi connectivity index (χ1v) is 8.76. The van der Waals surface area contributed by atoms with Crippen molar-refractivity contribution in [2.24, 2.45) is 0 Å². The zero-order valence-electron chi connectivity index (χ0n) is 13.5. The minimum absolute atomic E-state index is 0.0873. The zero-order chi connectivity index (χ0) is 16.7. The highest BCUT2D eigenvalue weighted by Crippen LogP contribution is 2.34. The fourth-order valence-corrected chi connectivity index (χ4v) is 3.87. The molecule has 1 aliphatic rings. The van der Waals surface area contributed by atoms with Crippen molar-refractivity contribution >= 4 is 29.1 Å². The van der Waals surface area contributed by atoms with E-state index >= 15 is 0 Å². The van der Waals surface area contributed by atoms with E-state index in [0.29, 0.717) is 10.9 Å². The highest BCUT2D eigenvalue weighted by Gasteiger charge is 2.33. The van der Waals surface area contributed by atoms with Crippen molar-refractivity contribution in [2.75, 3.05) is 4.90 Å². The molecule has 2 atom stereocenters. The first-order chi connectivity index (χ1) is 11.6. The first kappa shape index (κ1) is 15.1. The molecule has 7 heteroatoms. The number of rotatable bonds is 3. The number of carbonyl (C=O) groups is 1. The van der Waals surface area contributed by atoms with E-state index in [-0.39, 0.29) is 17.2 Å². The van der Waals surface area contributed by atoms with E-state index in [0.717, 1.165) is 12.1 Å². The van der Waals surface area contributed by atoms with Crippen LogP contribution in [0, 0.1) is 0 Å². The quantitative estimate of drug-likeness (QED) is 0.686. The number of para-hydroxylation sites is 1. The predicted molar refractivity (Wildman–Crippen MR) is 93.2 cm³/mol. The largest absolute Gasteiger partial charge is 0.308 e. The van der Waals surface area contributed by atoms with Crippen LogP contribution in [0.15, 0.2) is 47.9 Å². The Morgan fingerprint density at radius 2 is 2.17 bits per heavy atom. The molecule has 122 valence electrons. The smallest absolute Gasteiger partial charge is 0.253 e. The summed E-state index contributed by atoms with van der Waals surface area (Å²) in [5, 5.41) is 4.66. The maximum absolute atomic E-state index is 13.0. The molecule has 0 spiro atoms. The molecule has 0 fully saturated rings. The van der Waals surface area contributed by atoms with E-state index in [1.165, 1.54) is 17.3 Å². The lowest BCUT2D eigenvalue weighted by atomic mass is 10.1. The molecule has 1 aliphatic heterocycles. The number of hydrogen-bond donors (Lipinski definition) is 0. The zero-order valence-corrected chi connectivity index (χ0v) is 14.3. The normalized spacial score (nSPS) is 17.9. The molecule has 3 heterocycles. The molecular weight excluding hydrogens is 322 g/mol. The van der Waals surface area contributed by atoms with E-state index in [4.69, 9.17) is 0 Å². The molecule has 0 saturated heterocycles. The maximum Gasteiger partial charge on any atom is 0.253 e. The first-order valence-electron chi connectivity index (χ1n) is 7.88. The topological polar surface area (TPSA) is 63.4 Å². The molecule has 6 nitrogen and oxygen atoms in total. The monoisotopic (exact) mass is 339 g/mol. The van der Waals surface area contributed by atoms with E-state index in [1.807, 2.05) is 30.0 Å². The second-order valence-corrected chi connectivity index (χ2v) is 7.22. The van der Waals surface area contributed by atoms with Gasteiger partial charge in [0, 0.05) is 24.1 Å². The average Bonchev–Trinajstić information content (AvgIpc) is 3.13. The molecule has 1 aromatic carbocycles. The summed E-state index contributed by atoms with van der Waals surface area (Å²) in [4.78, 5) is 23.4. The van der Waals surface area contributed by atoms with Gasteiger partial charge in [-0.05, 0) is 38.0 Å². The highest BCUT2D eigenvalue weighted by atomic mass is 32.2. The second kappa shape index (κ2) is 5.90. The summed E-state index contributed by atoms with van der Waals surface area (Å²) in [5.74, 6) is 0.629. The fourth-order valence-electron chi connectivity index (χ4n) is 3.07. The van der Waals surface area contributed by atoms with Crippen LogP contribution in [0.3, 0.4) is 0 Å². The van der Waals surface area contributed by atoms with E-state index < -0.39 is 0 Å². The lowest BCUT2D eigenvalue weighted by molar-refractivity contribution is -0.118. The van der Waals surface area contributed by atoms with Crippen molar-refractivity contribution < 1.29 is 4.79 Å². The Morgan fingerprint density at radius 1 is 1.33 bits per heavy atom. The van der Waals surface area contributed by atoms with Gasteiger partial charge in [-0.2, -0.15) is 4.98 Å². The lowest BCUT2D eigenvalue weighted by Gasteiger charge is -2.25. The lowest BCUT2D eigenvalue weighted by Crippen LogP contribution is -2.40. The third-order valence-electron chi connectivity index (χ3n) is 4.17. The van der Waals surface area contributed by atoms with Crippen LogP contribution in [0.1, 0.15) is 19.4 Å². The number of carbonyl (C=O) groups excluding carboxylic acids is 1. The van der Waals surface area contributed by atoms with Crippen LogP contribution in [0.25, 0.3) is 5.78 Å². The van der Waals surface area contributed by atoms with Gasteiger partial charge in [-0.25, -0.2) is 9.50 Å². The van der Waals surface area contributed by atoms with E-state index in [9.17, 15) is 4.79 Å². The Morgan fingerprint density at radius 3 is 3.00 bits per heavy atom. The standard InChI is InChI=1S/C17H17N5OS/c1-11-10-13-6-3-4-7-14(13)22(11)15(23)12(2)24-17-19-16-18-8-5-9-21(16)20-17/h3-9,11-12H,10H2,1-2H3. The Labute approximate surface area is 143 Å². The fraction of sp³-hybridized carbons (Fsp3) is 0.294. The highest BCUT2D eigenvalue weighted by molar-refractivity contribution is 8.00. The summed E-state index contributed by atoms with van der Waals surface area (Å²) in [5.41, 5.74) is 2.25. The van der Waals surface area contributed by atoms with Crippen molar-refractivity contribution in [3.05, 3.63) is 48.3 Å². The molecule has 0 saturated carbocycles. The molecule has 3 aromatic rings. The molecule has 4 rings (SSSR count). The van der Waals surface area contributed by atoms with Gasteiger partial charge >= 0.3 is 0 Å². The van der Waals surface area contributed by atoms with Crippen molar-refractivity contribution in [2.45, 2.75) is 36.7 Å². The van der Waals surface area contributed by atoms with Crippen LogP contribution in [0.2, 0.25) is 0 Å². The minimum Gasteiger partial charge on any atom is -0.308 e. The summed E-state index contributed by atoms with van der Waals surface area (Å²) in [7, 11) is 0. The molecule has 0 bridgehead atoms. The number of nitrogens with zero attached hydrogens (tertiary/aromatic N) is 5. The van der Waals surface area contributed by atoms with E-state index in [1.54, 1.807) is 23.0 Å². The Balaban J connectivity index is 1.56. The maximum atomic E-state index is 13.0. The summed E-state index contributed by atoms with van der Waals surface area (Å²) in [6, 6.07) is 10.1. The third-order valence-corrected chi connectivity index (χ3v) is 5.11. The summed E-state index contributed by atoms with van der Waals surface area (Å²) >= 11 is 1.37. The molecule has 2 unspecified atom stereocenters. The van der Waals surface area contributed by atoms with Gasteiger partial charge in [0.05, 0.1) is 5.25 Å². The molecule has 0 radical (unpaired) electrons. The van der Waals surface area contributed by atoms with Gasteiger partial charge in [-0.1, -0.05) is 30.0 Å². The number of benzene rings is 1. The summed E-state index contributed by atoms with van der Waals surface area (Å²) < 4.78 is 1.62. The van der Waals surface area contributed by atoms with Crippen molar-refractivity contribution in [1.82, 2.24) is 19.6 Å². The van der Waals surface area contributed by atoms with Crippen LogP contribution in [0.5, 0.6) is 0 Å².